The minimum atomic E-state index is 0.0492. The lowest BCUT2D eigenvalue weighted by atomic mass is 10.1. The van der Waals surface area contributed by atoms with Crippen molar-refractivity contribution in [1.82, 2.24) is 9.78 Å². The molecule has 0 radical (unpaired) electrons. The average molecular weight is 331 g/mol. The van der Waals surface area contributed by atoms with Crippen molar-refractivity contribution >= 4 is 11.6 Å². The summed E-state index contributed by atoms with van der Waals surface area (Å²) in [6, 6.07) is 20.1. The Balaban J connectivity index is 1.57. The summed E-state index contributed by atoms with van der Waals surface area (Å²) >= 11 is 0. The topological polar surface area (TPSA) is 38.1 Å². The fraction of sp³-hybridized carbons (Fsp3) is 0.238. The molecule has 2 aromatic carbocycles. The maximum atomic E-state index is 13.2. The number of hydrogen-bond acceptors (Lipinski definition) is 2. The van der Waals surface area contributed by atoms with Crippen LogP contribution in [0.1, 0.15) is 23.5 Å². The summed E-state index contributed by atoms with van der Waals surface area (Å²) in [4.78, 5) is 15.1. The Morgan fingerprint density at radius 2 is 1.80 bits per heavy atom. The molecule has 4 nitrogen and oxygen atoms in total. The van der Waals surface area contributed by atoms with Gasteiger partial charge < -0.3 is 4.90 Å². The van der Waals surface area contributed by atoms with Crippen LogP contribution in [-0.2, 0) is 18.4 Å². The van der Waals surface area contributed by atoms with E-state index >= 15 is 0 Å². The SMILES string of the molecule is Cn1cc([C@@H]2C[C@H]2C(=O)N(Cc2ccccc2)c2ccccc2)cn1. The summed E-state index contributed by atoms with van der Waals surface area (Å²) in [6.07, 6.45) is 4.80. The zero-order chi connectivity index (χ0) is 17.2. The molecule has 1 fully saturated rings. The highest BCUT2D eigenvalue weighted by Crippen LogP contribution is 2.48. The molecule has 1 aliphatic rings. The van der Waals surface area contributed by atoms with Gasteiger partial charge >= 0.3 is 0 Å². The molecule has 0 bridgehead atoms. The predicted octanol–water partition coefficient (Wildman–Crippen LogP) is 3.76. The number of benzene rings is 2. The van der Waals surface area contributed by atoms with E-state index in [1.807, 2.05) is 72.9 Å². The van der Waals surface area contributed by atoms with E-state index < -0.39 is 0 Å². The molecular weight excluding hydrogens is 310 g/mol. The first-order valence-corrected chi connectivity index (χ1v) is 8.61. The minimum absolute atomic E-state index is 0.0492. The number of para-hydroxylation sites is 1. The largest absolute Gasteiger partial charge is 0.308 e. The van der Waals surface area contributed by atoms with Crippen molar-refractivity contribution in [3.05, 3.63) is 84.2 Å². The maximum absolute atomic E-state index is 13.2. The van der Waals surface area contributed by atoms with Gasteiger partial charge in [-0.1, -0.05) is 48.5 Å². The van der Waals surface area contributed by atoms with Crippen LogP contribution in [0.4, 0.5) is 5.69 Å². The molecule has 1 saturated carbocycles. The molecule has 0 spiro atoms. The number of rotatable bonds is 5. The number of hydrogen-bond donors (Lipinski definition) is 0. The zero-order valence-electron chi connectivity index (χ0n) is 14.2. The summed E-state index contributed by atoms with van der Waals surface area (Å²) in [7, 11) is 1.91. The van der Waals surface area contributed by atoms with Crippen LogP contribution in [-0.4, -0.2) is 15.7 Å². The molecule has 1 heterocycles. The van der Waals surface area contributed by atoms with Crippen LogP contribution in [0.3, 0.4) is 0 Å². The number of aryl methyl sites for hydroxylation is 1. The molecule has 1 aromatic heterocycles. The third-order valence-corrected chi connectivity index (χ3v) is 4.78. The third-order valence-electron chi connectivity index (χ3n) is 4.78. The summed E-state index contributed by atoms with van der Waals surface area (Å²) < 4.78 is 1.80. The van der Waals surface area contributed by atoms with E-state index in [1.165, 1.54) is 0 Å². The van der Waals surface area contributed by atoms with Gasteiger partial charge in [-0.05, 0) is 35.6 Å². The Labute approximate surface area is 147 Å². The molecule has 126 valence electrons. The molecule has 4 heteroatoms. The Morgan fingerprint density at radius 3 is 2.44 bits per heavy atom. The van der Waals surface area contributed by atoms with Gasteiger partial charge in [0.25, 0.3) is 0 Å². The fourth-order valence-corrected chi connectivity index (χ4v) is 3.34. The fourth-order valence-electron chi connectivity index (χ4n) is 3.34. The lowest BCUT2D eigenvalue weighted by Gasteiger charge is -2.23. The van der Waals surface area contributed by atoms with Gasteiger partial charge in [-0.2, -0.15) is 5.10 Å². The average Bonchev–Trinajstić information content (AvgIpc) is 3.34. The van der Waals surface area contributed by atoms with Gasteiger partial charge in [-0.15, -0.1) is 0 Å². The lowest BCUT2D eigenvalue weighted by Crippen LogP contribution is -2.32. The number of nitrogens with zero attached hydrogens (tertiary/aromatic N) is 3. The van der Waals surface area contributed by atoms with Gasteiger partial charge in [0.05, 0.1) is 12.7 Å². The molecule has 1 aliphatic carbocycles. The molecule has 0 N–H and O–H groups in total. The van der Waals surface area contributed by atoms with Crippen molar-refractivity contribution in [3.8, 4) is 0 Å². The smallest absolute Gasteiger partial charge is 0.231 e. The van der Waals surface area contributed by atoms with Crippen LogP contribution in [0, 0.1) is 5.92 Å². The first-order valence-electron chi connectivity index (χ1n) is 8.61. The maximum Gasteiger partial charge on any atom is 0.231 e. The van der Waals surface area contributed by atoms with Crippen LogP contribution in [0.2, 0.25) is 0 Å². The van der Waals surface area contributed by atoms with Crippen LogP contribution < -0.4 is 4.90 Å². The van der Waals surface area contributed by atoms with Gasteiger partial charge in [-0.25, -0.2) is 0 Å². The van der Waals surface area contributed by atoms with E-state index in [4.69, 9.17) is 0 Å². The highest BCUT2D eigenvalue weighted by Gasteiger charge is 2.46. The normalized spacial score (nSPS) is 18.8. The van der Waals surface area contributed by atoms with Gasteiger partial charge in [-0.3, -0.25) is 9.48 Å². The number of carbonyl (C=O) groups excluding carboxylic acids is 1. The number of anilines is 1. The van der Waals surface area contributed by atoms with Gasteiger partial charge in [0, 0.05) is 24.8 Å². The van der Waals surface area contributed by atoms with Crippen molar-refractivity contribution in [3.63, 3.8) is 0 Å². The number of aromatic nitrogens is 2. The predicted molar refractivity (Wildman–Crippen MR) is 98.1 cm³/mol. The van der Waals surface area contributed by atoms with Crippen molar-refractivity contribution in [2.75, 3.05) is 4.90 Å². The van der Waals surface area contributed by atoms with E-state index in [0.717, 1.165) is 23.2 Å². The molecule has 0 saturated heterocycles. The second-order valence-electron chi connectivity index (χ2n) is 6.64. The summed E-state index contributed by atoms with van der Waals surface area (Å²) in [6.45, 7) is 0.597. The molecule has 25 heavy (non-hydrogen) atoms. The van der Waals surface area contributed by atoms with E-state index in [-0.39, 0.29) is 11.8 Å². The van der Waals surface area contributed by atoms with Crippen LogP contribution in [0.25, 0.3) is 0 Å². The Kier molecular flexibility index (Phi) is 4.10. The molecule has 0 aliphatic heterocycles. The van der Waals surface area contributed by atoms with Crippen molar-refractivity contribution in [1.29, 1.82) is 0 Å². The van der Waals surface area contributed by atoms with E-state index in [0.29, 0.717) is 12.5 Å². The van der Waals surface area contributed by atoms with Crippen molar-refractivity contribution in [2.45, 2.75) is 18.9 Å². The molecule has 2 atom stereocenters. The number of amides is 1. The third kappa shape index (κ3) is 3.33. The Morgan fingerprint density at radius 1 is 1.12 bits per heavy atom. The zero-order valence-corrected chi connectivity index (χ0v) is 14.2. The quantitative estimate of drug-likeness (QED) is 0.714. The van der Waals surface area contributed by atoms with E-state index in [2.05, 4.69) is 17.2 Å². The Hall–Kier alpha value is -2.88. The highest BCUT2D eigenvalue weighted by atomic mass is 16.2. The molecule has 4 rings (SSSR count). The summed E-state index contributed by atoms with van der Waals surface area (Å²) in [5, 5.41) is 4.23. The first-order chi connectivity index (χ1) is 12.2. The van der Waals surface area contributed by atoms with Crippen LogP contribution in [0.15, 0.2) is 73.1 Å². The van der Waals surface area contributed by atoms with Crippen LogP contribution >= 0.6 is 0 Å². The molecule has 1 amide bonds. The molecule has 0 unspecified atom stereocenters. The van der Waals surface area contributed by atoms with E-state index in [9.17, 15) is 4.79 Å². The number of carbonyl (C=O) groups is 1. The highest BCUT2D eigenvalue weighted by molar-refractivity contribution is 5.97. The lowest BCUT2D eigenvalue weighted by molar-refractivity contribution is -0.120. The van der Waals surface area contributed by atoms with E-state index in [1.54, 1.807) is 4.68 Å². The van der Waals surface area contributed by atoms with Crippen molar-refractivity contribution < 1.29 is 4.79 Å². The second kappa shape index (κ2) is 6.55. The van der Waals surface area contributed by atoms with Crippen molar-refractivity contribution in [2.24, 2.45) is 13.0 Å². The summed E-state index contributed by atoms with van der Waals surface area (Å²) in [5.41, 5.74) is 3.25. The van der Waals surface area contributed by atoms with Gasteiger partial charge in [0.2, 0.25) is 5.91 Å². The second-order valence-corrected chi connectivity index (χ2v) is 6.64. The monoisotopic (exact) mass is 331 g/mol. The molecule has 3 aromatic rings. The van der Waals surface area contributed by atoms with Gasteiger partial charge in [0.15, 0.2) is 0 Å². The molecular formula is C21H21N3O. The Bertz CT molecular complexity index is 857. The minimum Gasteiger partial charge on any atom is -0.308 e. The first kappa shape index (κ1) is 15.6. The van der Waals surface area contributed by atoms with Gasteiger partial charge in [0.1, 0.15) is 0 Å². The summed E-state index contributed by atoms with van der Waals surface area (Å²) in [5.74, 6) is 0.542. The van der Waals surface area contributed by atoms with Crippen LogP contribution in [0.5, 0.6) is 0 Å². The standard InChI is InChI=1S/C21H21N3O/c1-23-15-17(13-22-23)19-12-20(19)21(25)24(18-10-6-3-7-11-18)14-16-8-4-2-5-9-16/h2-11,13,15,19-20H,12,14H2,1H3/t19-,20+/m0/s1.